The molecule has 0 radical (unpaired) electrons. The summed E-state index contributed by atoms with van der Waals surface area (Å²) in [6.07, 6.45) is 8.54. The first kappa shape index (κ1) is 14.0. The number of allylic oxidation sites excluding steroid dienone is 1. The Kier molecular flexibility index (Phi) is 4.08. The summed E-state index contributed by atoms with van der Waals surface area (Å²) in [6, 6.07) is 0. The molecule has 2 bridgehead atoms. The minimum absolute atomic E-state index is 0.163. The Balaban J connectivity index is 1.90. The average molecular weight is 249 g/mol. The molecule has 2 fully saturated rings. The van der Waals surface area contributed by atoms with E-state index in [4.69, 9.17) is 0 Å². The minimum Gasteiger partial charge on any atom is -0.384 e. The van der Waals surface area contributed by atoms with Crippen LogP contribution in [0.3, 0.4) is 0 Å². The molecule has 0 aromatic heterocycles. The number of nitrogens with one attached hydrogen (secondary N) is 1. The first-order chi connectivity index (χ1) is 8.39. The van der Waals surface area contributed by atoms with Crippen LogP contribution < -0.4 is 5.32 Å². The number of fused-ring (bicyclic) bond motifs is 2. The van der Waals surface area contributed by atoms with E-state index in [1.807, 2.05) is 0 Å². The number of hydrogen-bond donors (Lipinski definition) is 1. The molecule has 104 valence electrons. The van der Waals surface area contributed by atoms with E-state index in [9.17, 15) is 0 Å². The van der Waals surface area contributed by atoms with Crippen molar-refractivity contribution < 1.29 is 0 Å². The molecule has 2 aliphatic rings. The van der Waals surface area contributed by atoms with Gasteiger partial charge in [-0.15, -0.1) is 0 Å². The van der Waals surface area contributed by atoms with Gasteiger partial charge in [0.1, 0.15) is 0 Å². The van der Waals surface area contributed by atoms with Gasteiger partial charge in [-0.05, 0) is 76.5 Å². The predicted molar refractivity (Wildman–Crippen MR) is 79.4 cm³/mol. The summed E-state index contributed by atoms with van der Waals surface area (Å²) in [5, 5.41) is 3.57. The van der Waals surface area contributed by atoms with Gasteiger partial charge in [0.2, 0.25) is 0 Å². The molecule has 2 atom stereocenters. The lowest BCUT2D eigenvalue weighted by atomic mass is 9.71. The summed E-state index contributed by atoms with van der Waals surface area (Å²) in [5.74, 6) is 3.93. The Morgan fingerprint density at radius 2 is 1.72 bits per heavy atom. The van der Waals surface area contributed by atoms with Crippen LogP contribution in [0.4, 0.5) is 0 Å². The van der Waals surface area contributed by atoms with Gasteiger partial charge in [-0.1, -0.05) is 19.9 Å². The van der Waals surface area contributed by atoms with Crippen molar-refractivity contribution in [3.05, 3.63) is 12.3 Å². The number of rotatable bonds is 4. The molecule has 0 saturated heterocycles. The van der Waals surface area contributed by atoms with Crippen LogP contribution in [0.2, 0.25) is 0 Å². The monoisotopic (exact) mass is 249 g/mol. The molecule has 1 heteroatoms. The van der Waals surface area contributed by atoms with Gasteiger partial charge in [0.15, 0.2) is 0 Å². The van der Waals surface area contributed by atoms with Gasteiger partial charge in [0, 0.05) is 11.2 Å². The first-order valence-corrected chi connectivity index (χ1v) is 7.85. The summed E-state index contributed by atoms with van der Waals surface area (Å²) in [7, 11) is 0. The van der Waals surface area contributed by atoms with E-state index in [-0.39, 0.29) is 5.54 Å². The lowest BCUT2D eigenvalue weighted by Crippen LogP contribution is -2.36. The highest BCUT2D eigenvalue weighted by molar-refractivity contribution is 5.03. The van der Waals surface area contributed by atoms with Crippen LogP contribution in [0.5, 0.6) is 0 Å². The maximum atomic E-state index is 4.26. The Bertz CT molecular complexity index is 285. The van der Waals surface area contributed by atoms with Crippen molar-refractivity contribution in [2.75, 3.05) is 0 Å². The van der Waals surface area contributed by atoms with Gasteiger partial charge in [-0.25, -0.2) is 0 Å². The van der Waals surface area contributed by atoms with Crippen LogP contribution in [-0.2, 0) is 0 Å². The molecule has 0 spiro atoms. The fourth-order valence-electron chi connectivity index (χ4n) is 4.31. The van der Waals surface area contributed by atoms with E-state index in [1.54, 1.807) is 0 Å². The van der Waals surface area contributed by atoms with Crippen LogP contribution in [0.15, 0.2) is 12.3 Å². The minimum atomic E-state index is 0.163. The average Bonchev–Trinajstić information content (AvgIpc) is 2.49. The Hall–Kier alpha value is -0.460. The Morgan fingerprint density at radius 3 is 2.17 bits per heavy atom. The quantitative estimate of drug-likeness (QED) is 0.759. The molecule has 0 aliphatic heterocycles. The zero-order valence-corrected chi connectivity index (χ0v) is 12.8. The maximum absolute atomic E-state index is 4.26. The fraction of sp³-hybridized carbons (Fsp3) is 0.882. The molecule has 0 amide bonds. The van der Waals surface area contributed by atoms with Gasteiger partial charge < -0.3 is 5.32 Å². The Labute approximate surface area is 113 Å². The standard InChI is InChI=1S/C17H31N/c1-6-13-10-14-7-8-15(11-13)16(14)9-12(2)18-17(3,4)5/h13-16,18H,2,6-11H2,1,3-5H3. The molecule has 0 aromatic rings. The van der Waals surface area contributed by atoms with Crippen molar-refractivity contribution >= 4 is 0 Å². The zero-order valence-electron chi connectivity index (χ0n) is 12.8. The molecule has 2 saturated carbocycles. The van der Waals surface area contributed by atoms with E-state index in [0.717, 1.165) is 23.7 Å². The van der Waals surface area contributed by atoms with E-state index < -0.39 is 0 Å². The third-order valence-corrected chi connectivity index (χ3v) is 5.00. The van der Waals surface area contributed by atoms with Crippen molar-refractivity contribution in [3.8, 4) is 0 Å². The molecule has 1 nitrogen and oxygen atoms in total. The molecule has 0 heterocycles. The van der Waals surface area contributed by atoms with Gasteiger partial charge >= 0.3 is 0 Å². The van der Waals surface area contributed by atoms with Gasteiger partial charge in [0.05, 0.1) is 0 Å². The summed E-state index contributed by atoms with van der Waals surface area (Å²) in [4.78, 5) is 0. The van der Waals surface area contributed by atoms with E-state index in [1.165, 1.54) is 44.2 Å². The number of hydrogen-bond acceptors (Lipinski definition) is 1. The second-order valence-electron chi connectivity index (χ2n) is 7.69. The first-order valence-electron chi connectivity index (χ1n) is 7.85. The predicted octanol–water partition coefficient (Wildman–Crippen LogP) is 4.74. The second-order valence-corrected chi connectivity index (χ2v) is 7.69. The molecule has 0 aromatic carbocycles. The molecule has 2 unspecified atom stereocenters. The highest BCUT2D eigenvalue weighted by Crippen LogP contribution is 2.51. The Morgan fingerprint density at radius 1 is 1.17 bits per heavy atom. The third-order valence-electron chi connectivity index (χ3n) is 5.00. The van der Waals surface area contributed by atoms with Crippen molar-refractivity contribution in [1.82, 2.24) is 5.32 Å². The second kappa shape index (κ2) is 5.27. The van der Waals surface area contributed by atoms with Crippen LogP contribution in [-0.4, -0.2) is 5.54 Å². The van der Waals surface area contributed by atoms with Crippen molar-refractivity contribution in [1.29, 1.82) is 0 Å². The van der Waals surface area contributed by atoms with Crippen LogP contribution in [0.25, 0.3) is 0 Å². The summed E-state index contributed by atoms with van der Waals surface area (Å²) in [6.45, 7) is 13.3. The fourth-order valence-corrected chi connectivity index (χ4v) is 4.31. The lowest BCUT2D eigenvalue weighted by Gasteiger charge is -2.36. The molecule has 1 N–H and O–H groups in total. The molecule has 2 aliphatic carbocycles. The topological polar surface area (TPSA) is 12.0 Å². The van der Waals surface area contributed by atoms with Gasteiger partial charge in [0.25, 0.3) is 0 Å². The highest BCUT2D eigenvalue weighted by Gasteiger charge is 2.41. The smallest absolute Gasteiger partial charge is 0.0286 e. The van der Waals surface area contributed by atoms with Crippen LogP contribution in [0.1, 0.15) is 66.2 Å². The highest BCUT2D eigenvalue weighted by atomic mass is 15.0. The largest absolute Gasteiger partial charge is 0.384 e. The SMILES string of the molecule is C=C(CC1C2CCC1CC(CC)C2)NC(C)(C)C. The van der Waals surface area contributed by atoms with Crippen molar-refractivity contribution in [3.63, 3.8) is 0 Å². The van der Waals surface area contributed by atoms with E-state index >= 15 is 0 Å². The van der Waals surface area contributed by atoms with E-state index in [2.05, 4.69) is 39.6 Å². The third kappa shape index (κ3) is 3.30. The van der Waals surface area contributed by atoms with Crippen LogP contribution >= 0.6 is 0 Å². The van der Waals surface area contributed by atoms with Gasteiger partial charge in [-0.3, -0.25) is 0 Å². The summed E-state index contributed by atoms with van der Waals surface area (Å²) >= 11 is 0. The summed E-state index contributed by atoms with van der Waals surface area (Å²) < 4.78 is 0. The van der Waals surface area contributed by atoms with Crippen LogP contribution in [0, 0.1) is 23.7 Å². The summed E-state index contributed by atoms with van der Waals surface area (Å²) in [5.41, 5.74) is 1.43. The molecule has 18 heavy (non-hydrogen) atoms. The van der Waals surface area contributed by atoms with E-state index in [0.29, 0.717) is 0 Å². The lowest BCUT2D eigenvalue weighted by molar-refractivity contribution is 0.162. The maximum Gasteiger partial charge on any atom is 0.0286 e. The van der Waals surface area contributed by atoms with Crippen molar-refractivity contribution in [2.24, 2.45) is 23.7 Å². The molecular formula is C17H31N. The van der Waals surface area contributed by atoms with Crippen molar-refractivity contribution in [2.45, 2.75) is 71.8 Å². The van der Waals surface area contributed by atoms with Gasteiger partial charge in [-0.2, -0.15) is 0 Å². The molecule has 2 rings (SSSR count). The normalized spacial score (nSPS) is 35.6. The zero-order chi connectivity index (χ0) is 13.3. The molecular weight excluding hydrogens is 218 g/mol.